The van der Waals surface area contributed by atoms with E-state index in [-0.39, 0.29) is 18.6 Å². The number of carbonyl (C=O) groups is 1. The van der Waals surface area contributed by atoms with Gasteiger partial charge < -0.3 is 9.64 Å². The van der Waals surface area contributed by atoms with Crippen LogP contribution in [0.15, 0.2) is 24.3 Å². The van der Waals surface area contributed by atoms with E-state index in [9.17, 15) is 4.79 Å². The van der Waals surface area contributed by atoms with E-state index in [0.29, 0.717) is 6.61 Å². The van der Waals surface area contributed by atoms with Gasteiger partial charge in [0.25, 0.3) is 0 Å². The molecule has 1 saturated heterocycles. The molecule has 1 atom stereocenters. The third kappa shape index (κ3) is 3.03. The van der Waals surface area contributed by atoms with Gasteiger partial charge in [0.15, 0.2) is 0 Å². The van der Waals surface area contributed by atoms with E-state index in [0.717, 1.165) is 30.0 Å². The van der Waals surface area contributed by atoms with Crippen molar-refractivity contribution >= 4 is 17.5 Å². The van der Waals surface area contributed by atoms with Crippen LogP contribution in [0.25, 0.3) is 0 Å². The third-order valence-corrected chi connectivity index (χ3v) is 3.47. The first kappa shape index (κ1) is 13.4. The third-order valence-electron chi connectivity index (χ3n) is 3.24. The van der Waals surface area contributed by atoms with Gasteiger partial charge >= 0.3 is 0 Å². The van der Waals surface area contributed by atoms with Crippen LogP contribution in [0.3, 0.4) is 0 Å². The first-order chi connectivity index (χ1) is 8.72. The summed E-state index contributed by atoms with van der Waals surface area (Å²) in [7, 11) is 0. The molecule has 1 fully saturated rings. The molecule has 0 aromatic heterocycles. The summed E-state index contributed by atoms with van der Waals surface area (Å²) in [5, 5.41) is 0.719. The van der Waals surface area contributed by atoms with Crippen LogP contribution in [0, 0.1) is 0 Å². The minimum Gasteiger partial charge on any atom is -0.372 e. The zero-order valence-electron chi connectivity index (χ0n) is 10.6. The Labute approximate surface area is 113 Å². The van der Waals surface area contributed by atoms with Gasteiger partial charge in [0.1, 0.15) is 6.61 Å². The Kier molecular flexibility index (Phi) is 4.61. The van der Waals surface area contributed by atoms with Crippen LogP contribution in [-0.2, 0) is 9.53 Å². The molecule has 1 heterocycles. The molecule has 2 rings (SSSR count). The van der Waals surface area contributed by atoms with Crippen LogP contribution in [0.1, 0.15) is 31.4 Å². The van der Waals surface area contributed by atoms with Crippen molar-refractivity contribution in [3.63, 3.8) is 0 Å². The highest BCUT2D eigenvalue weighted by atomic mass is 35.5. The van der Waals surface area contributed by atoms with Crippen molar-refractivity contribution in [3.05, 3.63) is 34.9 Å². The van der Waals surface area contributed by atoms with Gasteiger partial charge in [-0.25, -0.2) is 0 Å². The topological polar surface area (TPSA) is 29.5 Å². The van der Waals surface area contributed by atoms with E-state index in [1.807, 2.05) is 36.1 Å². The summed E-state index contributed by atoms with van der Waals surface area (Å²) in [6.45, 7) is 3.45. The van der Waals surface area contributed by atoms with Crippen molar-refractivity contribution in [1.82, 2.24) is 4.90 Å². The van der Waals surface area contributed by atoms with Crippen molar-refractivity contribution in [1.29, 1.82) is 0 Å². The van der Waals surface area contributed by atoms with Crippen molar-refractivity contribution in [2.75, 3.05) is 19.8 Å². The molecular formula is C14H18ClNO2. The Morgan fingerprint density at radius 3 is 3.11 bits per heavy atom. The predicted molar refractivity (Wildman–Crippen MR) is 71.6 cm³/mol. The average Bonchev–Trinajstić information content (AvgIpc) is 2.85. The lowest BCUT2D eigenvalue weighted by molar-refractivity contribution is -0.136. The summed E-state index contributed by atoms with van der Waals surface area (Å²) < 4.78 is 5.20. The van der Waals surface area contributed by atoms with Gasteiger partial charge in [0, 0.05) is 18.2 Å². The molecule has 1 unspecified atom stereocenters. The molecule has 3 nitrogen and oxygen atoms in total. The lowest BCUT2D eigenvalue weighted by Crippen LogP contribution is -2.33. The quantitative estimate of drug-likeness (QED) is 0.839. The highest BCUT2D eigenvalue weighted by Crippen LogP contribution is 2.32. The number of amides is 1. The van der Waals surface area contributed by atoms with E-state index >= 15 is 0 Å². The molecule has 0 aliphatic carbocycles. The normalized spacial score (nSPS) is 19.2. The first-order valence-electron chi connectivity index (χ1n) is 6.35. The van der Waals surface area contributed by atoms with Gasteiger partial charge in [-0.2, -0.15) is 0 Å². The summed E-state index contributed by atoms with van der Waals surface area (Å²) in [4.78, 5) is 13.9. The van der Waals surface area contributed by atoms with Gasteiger partial charge in [0.2, 0.25) is 5.91 Å². The van der Waals surface area contributed by atoms with Gasteiger partial charge in [-0.05, 0) is 37.5 Å². The Morgan fingerprint density at radius 1 is 1.56 bits per heavy atom. The van der Waals surface area contributed by atoms with Crippen LogP contribution in [0.5, 0.6) is 0 Å². The average molecular weight is 268 g/mol. The molecular weight excluding hydrogens is 250 g/mol. The molecule has 1 aliphatic rings. The summed E-state index contributed by atoms with van der Waals surface area (Å²) in [5.74, 6) is 0.0688. The Morgan fingerprint density at radius 2 is 2.39 bits per heavy atom. The number of carbonyl (C=O) groups excluding carboxylic acids is 1. The van der Waals surface area contributed by atoms with E-state index in [1.54, 1.807) is 0 Å². The molecule has 98 valence electrons. The molecule has 0 spiro atoms. The molecule has 1 aromatic carbocycles. The maximum atomic E-state index is 12.0. The number of likely N-dealkylation sites (tertiary alicyclic amines) is 1. The Hall–Kier alpha value is -1.06. The molecule has 0 bridgehead atoms. The molecule has 0 saturated carbocycles. The minimum atomic E-state index is 0.0688. The van der Waals surface area contributed by atoms with Gasteiger partial charge in [-0.3, -0.25) is 4.79 Å². The maximum Gasteiger partial charge on any atom is 0.249 e. The number of hydrogen-bond acceptors (Lipinski definition) is 2. The minimum absolute atomic E-state index is 0.0688. The van der Waals surface area contributed by atoms with Crippen LogP contribution in [0.4, 0.5) is 0 Å². The van der Waals surface area contributed by atoms with Crippen LogP contribution < -0.4 is 0 Å². The molecule has 1 aromatic rings. The SMILES string of the molecule is CCOCC(=O)N1CCCC1c1cccc(Cl)c1. The fourth-order valence-electron chi connectivity index (χ4n) is 2.40. The van der Waals surface area contributed by atoms with Gasteiger partial charge in [-0.1, -0.05) is 23.7 Å². The zero-order valence-corrected chi connectivity index (χ0v) is 11.3. The second kappa shape index (κ2) is 6.21. The molecule has 4 heteroatoms. The van der Waals surface area contributed by atoms with Crippen molar-refractivity contribution in [2.24, 2.45) is 0 Å². The number of hydrogen-bond donors (Lipinski definition) is 0. The standard InChI is InChI=1S/C14H18ClNO2/c1-2-18-10-14(17)16-8-4-7-13(16)11-5-3-6-12(15)9-11/h3,5-6,9,13H,2,4,7-8,10H2,1H3. The number of nitrogens with zero attached hydrogens (tertiary/aromatic N) is 1. The Balaban J connectivity index is 2.10. The fraction of sp³-hybridized carbons (Fsp3) is 0.500. The Bertz CT molecular complexity index is 422. The molecule has 0 N–H and O–H groups in total. The molecule has 18 heavy (non-hydrogen) atoms. The number of ether oxygens (including phenoxy) is 1. The summed E-state index contributed by atoms with van der Waals surface area (Å²) in [5.41, 5.74) is 1.12. The molecule has 0 radical (unpaired) electrons. The van der Waals surface area contributed by atoms with Crippen molar-refractivity contribution in [2.45, 2.75) is 25.8 Å². The number of benzene rings is 1. The largest absolute Gasteiger partial charge is 0.372 e. The van der Waals surface area contributed by atoms with Crippen LogP contribution in [-0.4, -0.2) is 30.6 Å². The number of halogens is 1. The van der Waals surface area contributed by atoms with Crippen molar-refractivity contribution < 1.29 is 9.53 Å². The number of rotatable bonds is 4. The first-order valence-corrected chi connectivity index (χ1v) is 6.73. The van der Waals surface area contributed by atoms with E-state index in [1.165, 1.54) is 0 Å². The van der Waals surface area contributed by atoms with Crippen LogP contribution >= 0.6 is 11.6 Å². The summed E-state index contributed by atoms with van der Waals surface area (Å²) >= 11 is 6.01. The zero-order chi connectivity index (χ0) is 13.0. The second-order valence-corrected chi connectivity index (χ2v) is 4.87. The van der Waals surface area contributed by atoms with E-state index in [2.05, 4.69) is 0 Å². The molecule has 1 aliphatic heterocycles. The van der Waals surface area contributed by atoms with E-state index in [4.69, 9.17) is 16.3 Å². The second-order valence-electron chi connectivity index (χ2n) is 4.44. The maximum absolute atomic E-state index is 12.0. The monoisotopic (exact) mass is 267 g/mol. The van der Waals surface area contributed by atoms with Gasteiger partial charge in [-0.15, -0.1) is 0 Å². The van der Waals surface area contributed by atoms with Gasteiger partial charge in [0.05, 0.1) is 6.04 Å². The smallest absolute Gasteiger partial charge is 0.249 e. The lowest BCUT2D eigenvalue weighted by atomic mass is 10.0. The molecule has 1 amide bonds. The van der Waals surface area contributed by atoms with Crippen molar-refractivity contribution in [3.8, 4) is 0 Å². The summed E-state index contributed by atoms with van der Waals surface area (Å²) in [6.07, 6.45) is 2.03. The highest BCUT2D eigenvalue weighted by molar-refractivity contribution is 6.30. The predicted octanol–water partition coefficient (Wildman–Crippen LogP) is 3.04. The summed E-state index contributed by atoms with van der Waals surface area (Å²) in [6, 6.07) is 7.91. The fourth-order valence-corrected chi connectivity index (χ4v) is 2.60. The lowest BCUT2D eigenvalue weighted by Gasteiger charge is -2.25. The van der Waals surface area contributed by atoms with E-state index < -0.39 is 0 Å². The highest BCUT2D eigenvalue weighted by Gasteiger charge is 2.29. The van der Waals surface area contributed by atoms with Crippen LogP contribution in [0.2, 0.25) is 5.02 Å².